The summed E-state index contributed by atoms with van der Waals surface area (Å²) < 4.78 is 0. The maximum Gasteiger partial charge on any atom is 0.141 e. The zero-order valence-electron chi connectivity index (χ0n) is 8.99. The van der Waals surface area contributed by atoms with Gasteiger partial charge in [0, 0.05) is 6.54 Å². The van der Waals surface area contributed by atoms with E-state index in [1.54, 1.807) is 6.07 Å². The van der Waals surface area contributed by atoms with E-state index in [1.807, 2.05) is 19.9 Å². The summed E-state index contributed by atoms with van der Waals surface area (Å²) >= 11 is 0. The molecule has 0 radical (unpaired) electrons. The van der Waals surface area contributed by atoms with Crippen molar-refractivity contribution in [2.75, 3.05) is 18.5 Å². The number of nitrogens with one attached hydrogen (secondary N) is 1. The predicted octanol–water partition coefficient (Wildman–Crippen LogP) is 0.774. The quantitative estimate of drug-likeness (QED) is 0.555. The van der Waals surface area contributed by atoms with Crippen molar-refractivity contribution >= 4 is 5.69 Å². The number of aryl methyl sites for hydroxylation is 1. The first-order valence-corrected chi connectivity index (χ1v) is 4.88. The fourth-order valence-corrected chi connectivity index (χ4v) is 1.24. The van der Waals surface area contributed by atoms with Crippen LogP contribution in [0.4, 0.5) is 5.69 Å². The first-order valence-electron chi connectivity index (χ1n) is 4.88. The number of aliphatic hydroxyl groups is 2. The van der Waals surface area contributed by atoms with Crippen molar-refractivity contribution in [3.05, 3.63) is 23.3 Å². The Labute approximate surface area is 89.2 Å². The number of benzene rings is 1. The third-order valence-corrected chi connectivity index (χ3v) is 2.44. The van der Waals surface area contributed by atoms with E-state index in [0.29, 0.717) is 5.69 Å². The van der Waals surface area contributed by atoms with Crippen LogP contribution in [-0.4, -0.2) is 34.6 Å². The number of phenols is 1. The molecule has 1 aromatic carbocycles. The third-order valence-electron chi connectivity index (χ3n) is 2.44. The van der Waals surface area contributed by atoms with Crippen LogP contribution in [0, 0.1) is 13.8 Å². The van der Waals surface area contributed by atoms with Gasteiger partial charge in [-0.05, 0) is 31.0 Å². The SMILES string of the molecule is Cc1ccc(NCC(O)CO)c(O)c1C. The van der Waals surface area contributed by atoms with Crippen molar-refractivity contribution in [2.45, 2.75) is 20.0 Å². The van der Waals surface area contributed by atoms with Gasteiger partial charge in [-0.1, -0.05) is 6.07 Å². The minimum absolute atomic E-state index is 0.195. The van der Waals surface area contributed by atoms with Crippen LogP contribution in [0.2, 0.25) is 0 Å². The number of phenolic OH excluding ortho intramolecular Hbond substituents is 1. The van der Waals surface area contributed by atoms with E-state index in [9.17, 15) is 5.11 Å². The Morgan fingerprint density at radius 2 is 2.00 bits per heavy atom. The first kappa shape index (κ1) is 11.8. The molecule has 1 rings (SSSR count). The van der Waals surface area contributed by atoms with Crippen LogP contribution in [0.15, 0.2) is 12.1 Å². The maximum atomic E-state index is 9.76. The molecule has 4 N–H and O–H groups in total. The lowest BCUT2D eigenvalue weighted by Crippen LogP contribution is -2.23. The summed E-state index contributed by atoms with van der Waals surface area (Å²) in [6.45, 7) is 3.67. The van der Waals surface area contributed by atoms with Crippen LogP contribution in [0.25, 0.3) is 0 Å². The van der Waals surface area contributed by atoms with Gasteiger partial charge in [-0.25, -0.2) is 0 Å². The number of hydrogen-bond donors (Lipinski definition) is 4. The van der Waals surface area contributed by atoms with Crippen molar-refractivity contribution in [3.63, 3.8) is 0 Å². The molecule has 0 saturated heterocycles. The van der Waals surface area contributed by atoms with Crippen LogP contribution in [0.1, 0.15) is 11.1 Å². The number of anilines is 1. The van der Waals surface area contributed by atoms with Crippen molar-refractivity contribution in [1.82, 2.24) is 0 Å². The molecule has 15 heavy (non-hydrogen) atoms. The Balaban J connectivity index is 2.74. The molecule has 4 heteroatoms. The molecule has 0 spiro atoms. The molecule has 0 aliphatic carbocycles. The highest BCUT2D eigenvalue weighted by Gasteiger charge is 2.07. The number of rotatable bonds is 4. The Kier molecular flexibility index (Phi) is 3.94. The minimum atomic E-state index is -0.814. The zero-order chi connectivity index (χ0) is 11.4. The van der Waals surface area contributed by atoms with E-state index < -0.39 is 6.10 Å². The lowest BCUT2D eigenvalue weighted by Gasteiger charge is -2.13. The lowest BCUT2D eigenvalue weighted by atomic mass is 10.1. The van der Waals surface area contributed by atoms with Crippen LogP contribution in [0.3, 0.4) is 0 Å². The Morgan fingerprint density at radius 3 is 2.60 bits per heavy atom. The molecule has 0 saturated carbocycles. The predicted molar refractivity (Wildman–Crippen MR) is 59.2 cm³/mol. The number of hydrogen-bond acceptors (Lipinski definition) is 4. The summed E-state index contributed by atoms with van der Waals surface area (Å²) in [6.07, 6.45) is -0.814. The van der Waals surface area contributed by atoms with Gasteiger partial charge >= 0.3 is 0 Å². The number of aromatic hydroxyl groups is 1. The second kappa shape index (κ2) is 5.00. The topological polar surface area (TPSA) is 72.7 Å². The highest BCUT2D eigenvalue weighted by molar-refractivity contribution is 5.61. The molecule has 84 valence electrons. The average Bonchev–Trinajstić information content (AvgIpc) is 2.24. The molecular formula is C11H17NO3. The van der Waals surface area contributed by atoms with Crippen LogP contribution in [0.5, 0.6) is 5.75 Å². The first-order chi connectivity index (χ1) is 7.06. The molecule has 0 bridgehead atoms. The van der Waals surface area contributed by atoms with E-state index in [-0.39, 0.29) is 18.9 Å². The van der Waals surface area contributed by atoms with Gasteiger partial charge in [0.05, 0.1) is 18.4 Å². The summed E-state index contributed by atoms with van der Waals surface area (Å²) in [5.74, 6) is 0.195. The van der Waals surface area contributed by atoms with Crippen molar-refractivity contribution in [2.24, 2.45) is 0 Å². The Bertz CT molecular complexity index is 339. The second-order valence-corrected chi connectivity index (χ2v) is 3.62. The summed E-state index contributed by atoms with van der Waals surface area (Å²) in [4.78, 5) is 0. The highest BCUT2D eigenvalue weighted by atomic mass is 16.3. The Morgan fingerprint density at radius 1 is 1.33 bits per heavy atom. The van der Waals surface area contributed by atoms with E-state index >= 15 is 0 Å². The van der Waals surface area contributed by atoms with Crippen molar-refractivity contribution in [1.29, 1.82) is 0 Å². The lowest BCUT2D eigenvalue weighted by molar-refractivity contribution is 0.105. The van der Waals surface area contributed by atoms with Gasteiger partial charge in [-0.15, -0.1) is 0 Å². The van der Waals surface area contributed by atoms with Crippen molar-refractivity contribution in [3.8, 4) is 5.75 Å². The monoisotopic (exact) mass is 211 g/mol. The summed E-state index contributed by atoms with van der Waals surface area (Å²) in [6, 6.07) is 3.64. The smallest absolute Gasteiger partial charge is 0.141 e. The zero-order valence-corrected chi connectivity index (χ0v) is 8.99. The highest BCUT2D eigenvalue weighted by Crippen LogP contribution is 2.29. The maximum absolute atomic E-state index is 9.76. The number of aliphatic hydroxyl groups excluding tert-OH is 2. The normalized spacial score (nSPS) is 12.5. The summed E-state index contributed by atoms with van der Waals surface area (Å²) in [5.41, 5.74) is 2.41. The summed E-state index contributed by atoms with van der Waals surface area (Å²) in [7, 11) is 0. The molecule has 0 aliphatic heterocycles. The van der Waals surface area contributed by atoms with Gasteiger partial charge in [0.2, 0.25) is 0 Å². The third kappa shape index (κ3) is 2.84. The van der Waals surface area contributed by atoms with Crippen LogP contribution < -0.4 is 5.32 Å². The van der Waals surface area contributed by atoms with E-state index in [0.717, 1.165) is 11.1 Å². The standard InChI is InChI=1S/C11H17NO3/c1-7-3-4-10(11(15)8(7)2)12-5-9(14)6-13/h3-4,9,12-15H,5-6H2,1-2H3. The largest absolute Gasteiger partial charge is 0.505 e. The van der Waals surface area contributed by atoms with Gasteiger partial charge in [-0.3, -0.25) is 0 Å². The molecule has 1 atom stereocenters. The van der Waals surface area contributed by atoms with Gasteiger partial charge in [0.25, 0.3) is 0 Å². The molecule has 1 aromatic rings. The van der Waals surface area contributed by atoms with Gasteiger partial charge in [-0.2, -0.15) is 0 Å². The minimum Gasteiger partial charge on any atom is -0.505 e. The van der Waals surface area contributed by atoms with Gasteiger partial charge in [0.15, 0.2) is 0 Å². The molecule has 1 unspecified atom stereocenters. The van der Waals surface area contributed by atoms with Crippen molar-refractivity contribution < 1.29 is 15.3 Å². The Hall–Kier alpha value is -1.26. The second-order valence-electron chi connectivity index (χ2n) is 3.62. The summed E-state index contributed by atoms with van der Waals surface area (Å²) in [5, 5.41) is 30.4. The van der Waals surface area contributed by atoms with Crippen LogP contribution >= 0.6 is 0 Å². The fourth-order valence-electron chi connectivity index (χ4n) is 1.24. The fraction of sp³-hybridized carbons (Fsp3) is 0.455. The van der Waals surface area contributed by atoms with Crippen LogP contribution in [-0.2, 0) is 0 Å². The molecule has 0 amide bonds. The molecular weight excluding hydrogens is 194 g/mol. The molecule has 0 aliphatic rings. The van der Waals surface area contributed by atoms with Gasteiger partial charge < -0.3 is 20.6 Å². The average molecular weight is 211 g/mol. The van der Waals surface area contributed by atoms with E-state index in [2.05, 4.69) is 5.32 Å². The molecule has 4 nitrogen and oxygen atoms in total. The van der Waals surface area contributed by atoms with E-state index in [4.69, 9.17) is 10.2 Å². The molecule has 0 fully saturated rings. The molecule has 0 aromatic heterocycles. The molecule has 0 heterocycles. The van der Waals surface area contributed by atoms with E-state index in [1.165, 1.54) is 0 Å². The van der Waals surface area contributed by atoms with Gasteiger partial charge in [0.1, 0.15) is 5.75 Å².